The maximum absolute atomic E-state index is 13.0. The van der Waals surface area contributed by atoms with Crippen LogP contribution in [0.5, 0.6) is 0 Å². The van der Waals surface area contributed by atoms with Gasteiger partial charge in [-0.05, 0) is 44.7 Å². The number of carbonyl (C=O) groups excluding carboxylic acids is 1. The molecule has 2 aromatic heterocycles. The van der Waals surface area contributed by atoms with E-state index in [0.717, 1.165) is 43.7 Å². The van der Waals surface area contributed by atoms with Crippen LogP contribution in [0.3, 0.4) is 0 Å². The lowest BCUT2D eigenvalue weighted by Crippen LogP contribution is -2.38. The molecule has 2 saturated heterocycles. The molecule has 0 saturated carbocycles. The molecule has 0 spiro atoms. The number of nitrogens with one attached hydrogen (secondary N) is 1. The molecule has 7 heteroatoms. The molecular weight excluding hydrogens is 342 g/mol. The van der Waals surface area contributed by atoms with Crippen molar-refractivity contribution in [2.24, 2.45) is 5.92 Å². The molecule has 2 fully saturated rings. The van der Waals surface area contributed by atoms with Gasteiger partial charge in [0, 0.05) is 37.9 Å². The molecular formula is C20H25N5O2. The van der Waals surface area contributed by atoms with E-state index >= 15 is 0 Å². The summed E-state index contributed by atoms with van der Waals surface area (Å²) in [5.74, 6) is 2.46. The monoisotopic (exact) mass is 367 g/mol. The number of pyridine rings is 1. The molecule has 0 bridgehead atoms. The maximum atomic E-state index is 13.0. The van der Waals surface area contributed by atoms with E-state index in [2.05, 4.69) is 20.3 Å². The Balaban J connectivity index is 1.55. The third-order valence-corrected chi connectivity index (χ3v) is 5.23. The topological polar surface area (TPSA) is 80.2 Å². The number of aryl methyl sites for hydroxylation is 1. The number of likely N-dealkylation sites (tertiary alicyclic amines) is 1. The van der Waals surface area contributed by atoms with E-state index in [-0.39, 0.29) is 17.9 Å². The Morgan fingerprint density at radius 2 is 2.04 bits per heavy atom. The van der Waals surface area contributed by atoms with Gasteiger partial charge in [-0.25, -0.2) is 15.0 Å². The van der Waals surface area contributed by atoms with Crippen LogP contribution in [-0.2, 0) is 9.53 Å². The van der Waals surface area contributed by atoms with Crippen molar-refractivity contribution in [3.8, 4) is 0 Å². The first-order valence-corrected chi connectivity index (χ1v) is 9.62. The van der Waals surface area contributed by atoms with Crippen LogP contribution in [0, 0.1) is 12.8 Å². The molecule has 142 valence electrons. The molecule has 2 aromatic rings. The van der Waals surface area contributed by atoms with Crippen LogP contribution in [0.2, 0.25) is 0 Å². The van der Waals surface area contributed by atoms with Crippen LogP contribution in [0.15, 0.2) is 30.5 Å². The summed E-state index contributed by atoms with van der Waals surface area (Å²) in [7, 11) is 0. The van der Waals surface area contributed by atoms with Gasteiger partial charge in [0.1, 0.15) is 17.5 Å². The van der Waals surface area contributed by atoms with Gasteiger partial charge in [-0.3, -0.25) is 4.79 Å². The molecule has 2 aliphatic heterocycles. The summed E-state index contributed by atoms with van der Waals surface area (Å²) in [5, 5.41) is 3.23. The van der Waals surface area contributed by atoms with Gasteiger partial charge in [0.15, 0.2) is 0 Å². The number of hydrogen-bond acceptors (Lipinski definition) is 6. The van der Waals surface area contributed by atoms with E-state index in [4.69, 9.17) is 4.74 Å². The maximum Gasteiger partial charge on any atom is 0.226 e. The lowest BCUT2D eigenvalue weighted by molar-refractivity contribution is -0.139. The zero-order chi connectivity index (χ0) is 18.6. The lowest BCUT2D eigenvalue weighted by atomic mass is 9.98. The summed E-state index contributed by atoms with van der Waals surface area (Å²) in [4.78, 5) is 28.5. The van der Waals surface area contributed by atoms with Gasteiger partial charge in [-0.2, -0.15) is 0 Å². The van der Waals surface area contributed by atoms with Crippen molar-refractivity contribution < 1.29 is 9.53 Å². The fourth-order valence-electron chi connectivity index (χ4n) is 3.91. The van der Waals surface area contributed by atoms with Crippen LogP contribution in [0.1, 0.15) is 43.2 Å². The summed E-state index contributed by atoms with van der Waals surface area (Å²) in [6, 6.07) is 7.66. The highest BCUT2D eigenvalue weighted by molar-refractivity contribution is 5.79. The van der Waals surface area contributed by atoms with Crippen LogP contribution in [0.4, 0.5) is 11.6 Å². The Hall–Kier alpha value is -2.54. The Bertz CT molecular complexity index is 792. The Labute approximate surface area is 159 Å². The first-order valence-electron chi connectivity index (χ1n) is 9.62. The van der Waals surface area contributed by atoms with Crippen LogP contribution in [-0.4, -0.2) is 45.5 Å². The number of aromatic nitrogens is 3. The number of amides is 1. The average molecular weight is 367 g/mol. The second-order valence-electron chi connectivity index (χ2n) is 7.14. The van der Waals surface area contributed by atoms with E-state index < -0.39 is 0 Å². The second-order valence-corrected chi connectivity index (χ2v) is 7.14. The van der Waals surface area contributed by atoms with Gasteiger partial charge in [-0.1, -0.05) is 6.07 Å². The number of hydrogen-bond donors (Lipinski definition) is 1. The molecule has 27 heavy (non-hydrogen) atoms. The molecule has 0 aliphatic carbocycles. The Morgan fingerprint density at radius 1 is 1.19 bits per heavy atom. The average Bonchev–Trinajstić information content (AvgIpc) is 3.18. The fraction of sp³-hybridized carbons (Fsp3) is 0.500. The minimum absolute atomic E-state index is 0.0197. The summed E-state index contributed by atoms with van der Waals surface area (Å²) < 4.78 is 5.41. The molecule has 7 nitrogen and oxygen atoms in total. The molecule has 0 aromatic carbocycles. The molecule has 4 heterocycles. The van der Waals surface area contributed by atoms with E-state index in [9.17, 15) is 4.79 Å². The van der Waals surface area contributed by atoms with Crippen molar-refractivity contribution in [3.63, 3.8) is 0 Å². The summed E-state index contributed by atoms with van der Waals surface area (Å²) >= 11 is 0. The predicted molar refractivity (Wildman–Crippen MR) is 102 cm³/mol. The number of carbonyl (C=O) groups is 1. The molecule has 1 amide bonds. The highest BCUT2D eigenvalue weighted by Crippen LogP contribution is 2.34. The summed E-state index contributed by atoms with van der Waals surface area (Å²) in [5.41, 5.74) is 0.902. The van der Waals surface area contributed by atoms with Crippen molar-refractivity contribution in [3.05, 3.63) is 42.0 Å². The van der Waals surface area contributed by atoms with Crippen LogP contribution in [0.25, 0.3) is 0 Å². The summed E-state index contributed by atoms with van der Waals surface area (Å²) in [6.45, 7) is 4.04. The lowest BCUT2D eigenvalue weighted by Gasteiger charge is -2.30. The molecule has 2 aliphatic rings. The highest BCUT2D eigenvalue weighted by atomic mass is 16.5. The van der Waals surface area contributed by atoms with E-state index in [1.165, 1.54) is 0 Å². The Morgan fingerprint density at radius 3 is 2.81 bits per heavy atom. The summed E-state index contributed by atoms with van der Waals surface area (Å²) in [6.07, 6.45) is 5.32. The zero-order valence-corrected chi connectivity index (χ0v) is 15.6. The number of anilines is 2. The van der Waals surface area contributed by atoms with Gasteiger partial charge in [0.2, 0.25) is 5.91 Å². The SMILES string of the molecule is Cc1nc(Nc2ccccn2)cc([C@H]2CCCN2C(=O)C2CCOCC2)n1. The van der Waals surface area contributed by atoms with Crippen molar-refractivity contribution in [1.29, 1.82) is 0 Å². The number of rotatable bonds is 4. The van der Waals surface area contributed by atoms with E-state index in [1.807, 2.05) is 36.1 Å². The van der Waals surface area contributed by atoms with Crippen molar-refractivity contribution in [2.45, 2.75) is 38.6 Å². The largest absolute Gasteiger partial charge is 0.381 e. The highest BCUT2D eigenvalue weighted by Gasteiger charge is 2.35. The van der Waals surface area contributed by atoms with Crippen molar-refractivity contribution in [2.75, 3.05) is 25.1 Å². The number of ether oxygens (including phenoxy) is 1. The minimum Gasteiger partial charge on any atom is -0.381 e. The smallest absolute Gasteiger partial charge is 0.226 e. The standard InChI is InChI=1S/C20H25N5O2/c1-14-22-16(13-19(23-14)24-18-6-2-3-9-21-18)17-5-4-10-25(17)20(26)15-7-11-27-12-8-15/h2-3,6,9,13,15,17H,4-5,7-8,10-12H2,1H3,(H,21,22,23,24)/t17-/m1/s1. The first-order chi connectivity index (χ1) is 13.2. The van der Waals surface area contributed by atoms with Gasteiger partial charge in [0.05, 0.1) is 11.7 Å². The predicted octanol–water partition coefficient (Wildman–Crippen LogP) is 3.01. The van der Waals surface area contributed by atoms with Crippen LogP contribution < -0.4 is 5.32 Å². The van der Waals surface area contributed by atoms with Crippen molar-refractivity contribution in [1.82, 2.24) is 19.9 Å². The van der Waals surface area contributed by atoms with E-state index in [1.54, 1.807) is 6.20 Å². The van der Waals surface area contributed by atoms with Gasteiger partial charge in [-0.15, -0.1) is 0 Å². The normalized spacial score (nSPS) is 20.6. The minimum atomic E-state index is 0.0197. The Kier molecular flexibility index (Phi) is 5.29. The zero-order valence-electron chi connectivity index (χ0n) is 15.6. The van der Waals surface area contributed by atoms with E-state index in [0.29, 0.717) is 24.9 Å². The molecule has 1 atom stereocenters. The molecule has 4 rings (SSSR count). The van der Waals surface area contributed by atoms with Gasteiger partial charge >= 0.3 is 0 Å². The molecule has 1 N–H and O–H groups in total. The third-order valence-electron chi connectivity index (χ3n) is 5.23. The molecule has 0 radical (unpaired) electrons. The third kappa shape index (κ3) is 4.08. The van der Waals surface area contributed by atoms with Crippen molar-refractivity contribution >= 4 is 17.5 Å². The fourth-order valence-corrected chi connectivity index (χ4v) is 3.91. The number of nitrogens with zero attached hydrogens (tertiary/aromatic N) is 4. The second kappa shape index (κ2) is 8.00. The van der Waals surface area contributed by atoms with Crippen LogP contribution >= 0.6 is 0 Å². The molecule has 0 unspecified atom stereocenters. The first kappa shape index (κ1) is 17.9. The quantitative estimate of drug-likeness (QED) is 0.895. The van der Waals surface area contributed by atoms with Gasteiger partial charge in [0.25, 0.3) is 0 Å². The van der Waals surface area contributed by atoms with Gasteiger partial charge < -0.3 is 15.0 Å².